The highest BCUT2D eigenvalue weighted by molar-refractivity contribution is 7.00. The molecule has 2 aromatic heterocycles. The van der Waals surface area contributed by atoms with Gasteiger partial charge in [0.05, 0.1) is 28.4 Å². The maximum Gasteiger partial charge on any atom is 0.252 e. The lowest BCUT2D eigenvalue weighted by Gasteiger charge is -2.45. The third-order valence-electron chi connectivity index (χ3n) is 19.8. The van der Waals surface area contributed by atoms with Gasteiger partial charge in [-0.15, -0.1) is 0 Å². The van der Waals surface area contributed by atoms with Crippen LogP contribution in [-0.4, -0.2) is 26.2 Å². The number of benzene rings is 13. The standard InChI is InChI=1S/C90H68BN7/c1-89(2,3)69-39-48-80-76(55-69)91-77-56-70(90(4,5)6)40-49-81(77)97(72-43-35-63(36-44-72)60-24-14-8-15-25-60)84-54-68(53-83(85(84)91)96(80)71-41-33-62(34-42-71)59-22-12-7-13-23-59)66-38-47-78-74(51-66)73-45-37-67(61-26-16-9-17-27-61)52-82(73)98(78)79-46-32-58(57-92)50-75(79)88-94-86(64-28-18-10-19-29-64)93-87(95-88)65-30-20-11-21-31-65/h7-56H,1-6H3. The zero-order chi connectivity index (χ0) is 66.4. The molecule has 0 bridgehead atoms. The van der Waals surface area contributed by atoms with Crippen molar-refractivity contribution in [1.29, 1.82) is 5.26 Å². The second-order valence-corrected chi connectivity index (χ2v) is 28.0. The van der Waals surface area contributed by atoms with Crippen LogP contribution in [0.4, 0.5) is 34.1 Å². The second kappa shape index (κ2) is 23.6. The lowest BCUT2D eigenvalue weighted by Crippen LogP contribution is -2.61. The Morgan fingerprint density at radius 1 is 0.316 bits per heavy atom. The molecule has 0 amide bonds. The zero-order valence-corrected chi connectivity index (χ0v) is 55.6. The van der Waals surface area contributed by atoms with Crippen LogP contribution in [0.15, 0.2) is 303 Å². The smallest absolute Gasteiger partial charge is 0.252 e. The first kappa shape index (κ1) is 59.6. The van der Waals surface area contributed by atoms with Crippen molar-refractivity contribution in [2.45, 2.75) is 52.4 Å². The van der Waals surface area contributed by atoms with Crippen LogP contribution < -0.4 is 26.2 Å². The Kier molecular flexibility index (Phi) is 14.4. The van der Waals surface area contributed by atoms with E-state index in [9.17, 15) is 5.26 Å². The lowest BCUT2D eigenvalue weighted by atomic mass is 9.33. The van der Waals surface area contributed by atoms with Gasteiger partial charge in [0.1, 0.15) is 0 Å². The number of nitriles is 1. The average molecular weight is 1260 g/mol. The highest BCUT2D eigenvalue weighted by Gasteiger charge is 2.45. The van der Waals surface area contributed by atoms with Crippen LogP contribution in [0.2, 0.25) is 0 Å². The molecule has 0 unspecified atom stereocenters. The van der Waals surface area contributed by atoms with E-state index in [1.807, 2.05) is 72.8 Å². The third-order valence-corrected chi connectivity index (χ3v) is 19.8. The first-order valence-electron chi connectivity index (χ1n) is 33.7. The molecule has 0 spiro atoms. The monoisotopic (exact) mass is 1260 g/mol. The Morgan fingerprint density at radius 3 is 1.19 bits per heavy atom. The van der Waals surface area contributed by atoms with Gasteiger partial charge in [-0.2, -0.15) is 5.26 Å². The topological polar surface area (TPSA) is 73.9 Å². The van der Waals surface area contributed by atoms with Gasteiger partial charge in [0.25, 0.3) is 6.71 Å². The molecular formula is C90H68BN7. The van der Waals surface area contributed by atoms with E-state index in [2.05, 4.69) is 293 Å². The summed E-state index contributed by atoms with van der Waals surface area (Å²) in [6, 6.07) is 112. The molecule has 98 heavy (non-hydrogen) atoms. The van der Waals surface area contributed by atoms with E-state index in [0.717, 1.165) is 106 Å². The molecule has 0 radical (unpaired) electrons. The van der Waals surface area contributed by atoms with Crippen LogP contribution in [0.25, 0.3) is 106 Å². The van der Waals surface area contributed by atoms with Crippen molar-refractivity contribution in [3.63, 3.8) is 0 Å². The van der Waals surface area contributed by atoms with Crippen molar-refractivity contribution in [1.82, 2.24) is 19.5 Å². The minimum absolute atomic E-state index is 0.110. The second-order valence-electron chi connectivity index (χ2n) is 28.0. The molecule has 8 heteroatoms. The highest BCUT2D eigenvalue weighted by Crippen LogP contribution is 2.49. The van der Waals surface area contributed by atoms with Gasteiger partial charge in [0.15, 0.2) is 17.5 Å². The Bertz CT molecular complexity index is 5400. The number of hydrogen-bond donors (Lipinski definition) is 0. The van der Waals surface area contributed by atoms with Gasteiger partial charge < -0.3 is 14.4 Å². The summed E-state index contributed by atoms with van der Waals surface area (Å²) < 4.78 is 2.35. The molecule has 15 aromatic rings. The van der Waals surface area contributed by atoms with E-state index in [0.29, 0.717) is 28.6 Å². The summed E-state index contributed by atoms with van der Waals surface area (Å²) in [6.45, 7) is 13.9. The minimum atomic E-state index is -0.113. The molecule has 17 rings (SSSR count). The van der Waals surface area contributed by atoms with Crippen molar-refractivity contribution < 1.29 is 0 Å². The highest BCUT2D eigenvalue weighted by atomic mass is 15.2. The number of rotatable bonds is 10. The molecule has 13 aromatic carbocycles. The van der Waals surface area contributed by atoms with Crippen molar-refractivity contribution in [3.05, 3.63) is 320 Å². The fourth-order valence-corrected chi connectivity index (χ4v) is 14.7. The lowest BCUT2D eigenvalue weighted by molar-refractivity contribution is 0.590. The number of hydrogen-bond acceptors (Lipinski definition) is 6. The molecule has 2 aliphatic heterocycles. The number of fused-ring (bicyclic) bond motifs is 7. The fourth-order valence-electron chi connectivity index (χ4n) is 14.7. The summed E-state index contributed by atoms with van der Waals surface area (Å²) in [5, 5.41) is 12.9. The number of anilines is 6. The molecule has 0 N–H and O–H groups in total. The predicted molar refractivity (Wildman–Crippen MR) is 408 cm³/mol. The molecule has 2 aliphatic rings. The molecule has 466 valence electrons. The number of aromatic nitrogens is 4. The summed E-state index contributed by atoms with van der Waals surface area (Å²) in [7, 11) is 0. The molecule has 4 heterocycles. The van der Waals surface area contributed by atoms with Crippen LogP contribution in [-0.2, 0) is 10.8 Å². The molecule has 0 saturated carbocycles. The van der Waals surface area contributed by atoms with Crippen molar-refractivity contribution in [3.8, 4) is 90.4 Å². The maximum atomic E-state index is 10.7. The molecule has 7 nitrogen and oxygen atoms in total. The molecule has 0 fully saturated rings. The normalized spacial score (nSPS) is 12.5. The Hall–Kier alpha value is -12.2. The van der Waals surface area contributed by atoms with E-state index in [1.165, 1.54) is 38.6 Å². The zero-order valence-electron chi connectivity index (χ0n) is 55.6. The summed E-state index contributed by atoms with van der Waals surface area (Å²) in [4.78, 5) is 20.7. The summed E-state index contributed by atoms with van der Waals surface area (Å²) in [5.74, 6) is 1.54. The van der Waals surface area contributed by atoms with Gasteiger partial charge in [-0.3, -0.25) is 0 Å². The minimum Gasteiger partial charge on any atom is -0.311 e. The van der Waals surface area contributed by atoms with Crippen LogP contribution in [0.1, 0.15) is 58.2 Å². The van der Waals surface area contributed by atoms with Gasteiger partial charge in [0.2, 0.25) is 0 Å². The van der Waals surface area contributed by atoms with E-state index in [-0.39, 0.29) is 17.5 Å². The first-order valence-corrected chi connectivity index (χ1v) is 33.7. The third kappa shape index (κ3) is 10.4. The Balaban J connectivity index is 0.931. The van der Waals surface area contributed by atoms with Gasteiger partial charge in [-0.05, 0) is 168 Å². The fraction of sp³-hybridized carbons (Fsp3) is 0.0889. The van der Waals surface area contributed by atoms with Crippen LogP contribution in [0.5, 0.6) is 0 Å². The van der Waals surface area contributed by atoms with E-state index < -0.39 is 0 Å². The summed E-state index contributed by atoms with van der Waals surface area (Å²) >= 11 is 0. The summed E-state index contributed by atoms with van der Waals surface area (Å²) in [5.41, 5.74) is 27.7. The van der Waals surface area contributed by atoms with Crippen LogP contribution >= 0.6 is 0 Å². The Labute approximate surface area is 573 Å². The van der Waals surface area contributed by atoms with Gasteiger partial charge in [-0.1, -0.05) is 260 Å². The van der Waals surface area contributed by atoms with Crippen LogP contribution in [0.3, 0.4) is 0 Å². The summed E-state index contributed by atoms with van der Waals surface area (Å²) in [6.07, 6.45) is 0. The molecule has 0 aliphatic carbocycles. The molecular weight excluding hydrogens is 1190 g/mol. The van der Waals surface area contributed by atoms with E-state index in [1.54, 1.807) is 0 Å². The largest absolute Gasteiger partial charge is 0.311 e. The molecule has 0 atom stereocenters. The SMILES string of the molecule is CC(C)(C)c1ccc2c(c1)B1c3cc(C(C)(C)C)ccc3N(c3ccc(-c4ccccc4)cc3)c3cc(-c4ccc5c(c4)c4ccc(-c6ccccc6)cc4n5-c4ccc(C#N)cc4-c4nc(-c5ccccc5)nc(-c5ccccc5)n4)cc(c31)N2c1ccc(-c2ccccc2)cc1. The number of nitrogens with zero attached hydrogens (tertiary/aromatic N) is 7. The average Bonchev–Trinajstić information content (AvgIpc) is 0.752. The van der Waals surface area contributed by atoms with Gasteiger partial charge in [0, 0.05) is 61.6 Å². The predicted octanol–water partition coefficient (Wildman–Crippen LogP) is 21.2. The van der Waals surface area contributed by atoms with Crippen molar-refractivity contribution in [2.24, 2.45) is 0 Å². The van der Waals surface area contributed by atoms with Gasteiger partial charge >= 0.3 is 0 Å². The Morgan fingerprint density at radius 2 is 0.724 bits per heavy atom. The first-order chi connectivity index (χ1) is 47.8. The maximum absolute atomic E-state index is 10.7. The van der Waals surface area contributed by atoms with Crippen LogP contribution in [0, 0.1) is 11.3 Å². The van der Waals surface area contributed by atoms with E-state index in [4.69, 9.17) is 15.0 Å². The van der Waals surface area contributed by atoms with Gasteiger partial charge in [-0.25, -0.2) is 15.0 Å². The van der Waals surface area contributed by atoms with Crippen molar-refractivity contribution >= 4 is 79.0 Å². The van der Waals surface area contributed by atoms with E-state index >= 15 is 0 Å². The van der Waals surface area contributed by atoms with Crippen molar-refractivity contribution in [2.75, 3.05) is 9.80 Å². The quantitative estimate of drug-likeness (QED) is 0.127. The molecule has 0 saturated heterocycles.